The molecule has 0 amide bonds. The second kappa shape index (κ2) is 5.17. The molecule has 4 heteroatoms. The van der Waals surface area contributed by atoms with E-state index in [2.05, 4.69) is 28.6 Å². The van der Waals surface area contributed by atoms with Crippen LogP contribution in [0.3, 0.4) is 0 Å². The minimum atomic E-state index is 0.724. The third kappa shape index (κ3) is 2.25. The van der Waals surface area contributed by atoms with Crippen LogP contribution in [-0.2, 0) is 13.0 Å². The van der Waals surface area contributed by atoms with Gasteiger partial charge in [0.2, 0.25) is 0 Å². The molecule has 0 aliphatic heterocycles. The summed E-state index contributed by atoms with van der Waals surface area (Å²) in [5.74, 6) is 1.04. The van der Waals surface area contributed by atoms with Crippen molar-refractivity contribution >= 4 is 28.3 Å². The van der Waals surface area contributed by atoms with E-state index >= 15 is 0 Å². The van der Waals surface area contributed by atoms with Gasteiger partial charge < -0.3 is 10.3 Å². The van der Waals surface area contributed by atoms with E-state index in [9.17, 15) is 0 Å². The maximum absolute atomic E-state index is 6.06. The van der Waals surface area contributed by atoms with E-state index in [-0.39, 0.29) is 0 Å². The number of benzene rings is 2. The monoisotopic (exact) mass is 285 g/mol. The van der Waals surface area contributed by atoms with Crippen LogP contribution in [0.15, 0.2) is 42.5 Å². The molecule has 0 aliphatic carbocycles. The number of hydrogen-bond donors (Lipinski definition) is 1. The average Bonchev–Trinajstić information content (AvgIpc) is 2.79. The molecule has 0 saturated carbocycles. The highest BCUT2D eigenvalue weighted by Crippen LogP contribution is 2.23. The number of hydrogen-bond acceptors (Lipinski definition) is 2. The van der Waals surface area contributed by atoms with E-state index in [0.29, 0.717) is 0 Å². The fraction of sp³-hybridized carbons (Fsp3) is 0.188. The standard InChI is InChI=1S/C16H16ClN3/c1-2-15-19-16-13(18)7-4-8-14(16)20(15)10-11-5-3-6-12(17)9-11/h3-9H,2,10,18H2,1H3. The molecule has 0 radical (unpaired) electrons. The Balaban J connectivity index is 2.12. The summed E-state index contributed by atoms with van der Waals surface area (Å²) in [7, 11) is 0. The van der Waals surface area contributed by atoms with Crippen molar-refractivity contribution in [3.8, 4) is 0 Å². The summed E-state index contributed by atoms with van der Waals surface area (Å²) in [4.78, 5) is 4.65. The van der Waals surface area contributed by atoms with Gasteiger partial charge in [-0.15, -0.1) is 0 Å². The first-order valence-electron chi connectivity index (χ1n) is 6.67. The Morgan fingerprint density at radius 3 is 2.75 bits per heavy atom. The van der Waals surface area contributed by atoms with Gasteiger partial charge in [-0.25, -0.2) is 4.98 Å². The summed E-state index contributed by atoms with van der Waals surface area (Å²) in [5.41, 5.74) is 9.85. The molecular weight excluding hydrogens is 270 g/mol. The second-order valence-corrected chi connectivity index (χ2v) is 5.25. The van der Waals surface area contributed by atoms with Crippen molar-refractivity contribution < 1.29 is 0 Å². The van der Waals surface area contributed by atoms with Crippen molar-refractivity contribution in [2.24, 2.45) is 0 Å². The number of fused-ring (bicyclic) bond motifs is 1. The Labute approximate surface area is 123 Å². The van der Waals surface area contributed by atoms with E-state index < -0.39 is 0 Å². The van der Waals surface area contributed by atoms with Gasteiger partial charge in [-0.3, -0.25) is 0 Å². The van der Waals surface area contributed by atoms with E-state index in [1.807, 2.05) is 30.3 Å². The molecule has 2 N–H and O–H groups in total. The zero-order valence-corrected chi connectivity index (χ0v) is 12.1. The number of aromatic nitrogens is 2. The molecular formula is C16H16ClN3. The van der Waals surface area contributed by atoms with E-state index in [1.165, 1.54) is 0 Å². The number of anilines is 1. The first kappa shape index (κ1) is 13.0. The molecule has 0 bridgehead atoms. The molecule has 3 nitrogen and oxygen atoms in total. The highest BCUT2D eigenvalue weighted by atomic mass is 35.5. The lowest BCUT2D eigenvalue weighted by Crippen LogP contribution is -2.04. The second-order valence-electron chi connectivity index (χ2n) is 4.81. The van der Waals surface area contributed by atoms with Crippen LogP contribution in [0.1, 0.15) is 18.3 Å². The van der Waals surface area contributed by atoms with Crippen LogP contribution in [0.4, 0.5) is 5.69 Å². The van der Waals surface area contributed by atoms with Crippen LogP contribution in [0.25, 0.3) is 11.0 Å². The normalized spacial score (nSPS) is 11.1. The summed E-state index contributed by atoms with van der Waals surface area (Å²) < 4.78 is 2.21. The maximum atomic E-state index is 6.06. The molecule has 0 unspecified atom stereocenters. The predicted octanol–water partition coefficient (Wildman–Crippen LogP) is 3.88. The number of aryl methyl sites for hydroxylation is 1. The number of para-hydroxylation sites is 1. The number of nitrogens with zero attached hydrogens (tertiary/aromatic N) is 2. The lowest BCUT2D eigenvalue weighted by atomic mass is 10.2. The van der Waals surface area contributed by atoms with Crippen molar-refractivity contribution in [1.29, 1.82) is 0 Å². The van der Waals surface area contributed by atoms with Gasteiger partial charge in [0.1, 0.15) is 11.3 Å². The summed E-state index contributed by atoms with van der Waals surface area (Å²) >= 11 is 6.06. The van der Waals surface area contributed by atoms with Crippen molar-refractivity contribution in [2.45, 2.75) is 19.9 Å². The maximum Gasteiger partial charge on any atom is 0.112 e. The Morgan fingerprint density at radius 1 is 1.20 bits per heavy atom. The molecule has 0 spiro atoms. The van der Waals surface area contributed by atoms with E-state index in [1.54, 1.807) is 0 Å². The number of rotatable bonds is 3. The summed E-state index contributed by atoms with van der Waals surface area (Å²) in [6.07, 6.45) is 0.870. The number of imidazole rings is 1. The Bertz CT molecular complexity index is 762. The van der Waals surface area contributed by atoms with Crippen LogP contribution in [0.5, 0.6) is 0 Å². The largest absolute Gasteiger partial charge is 0.397 e. The minimum Gasteiger partial charge on any atom is -0.397 e. The van der Waals surface area contributed by atoms with Crippen LogP contribution in [0.2, 0.25) is 5.02 Å². The lowest BCUT2D eigenvalue weighted by Gasteiger charge is -2.08. The first-order chi connectivity index (χ1) is 9.69. The van der Waals surface area contributed by atoms with Gasteiger partial charge in [-0.05, 0) is 29.8 Å². The quantitative estimate of drug-likeness (QED) is 0.742. The minimum absolute atomic E-state index is 0.724. The molecule has 0 saturated heterocycles. The number of nitrogens with two attached hydrogens (primary N) is 1. The Kier molecular flexibility index (Phi) is 3.36. The van der Waals surface area contributed by atoms with Crippen molar-refractivity contribution in [3.05, 3.63) is 58.9 Å². The zero-order valence-electron chi connectivity index (χ0n) is 11.3. The highest BCUT2D eigenvalue weighted by Gasteiger charge is 2.11. The molecule has 0 atom stereocenters. The number of nitrogen functional groups attached to an aromatic ring is 1. The first-order valence-corrected chi connectivity index (χ1v) is 7.05. The van der Waals surface area contributed by atoms with Crippen LogP contribution in [-0.4, -0.2) is 9.55 Å². The van der Waals surface area contributed by atoms with Gasteiger partial charge in [0, 0.05) is 18.0 Å². The molecule has 3 aromatic rings. The molecule has 0 aliphatic rings. The SMILES string of the molecule is CCc1nc2c(N)cccc2n1Cc1cccc(Cl)c1. The van der Waals surface area contributed by atoms with Gasteiger partial charge in [0.15, 0.2) is 0 Å². The molecule has 20 heavy (non-hydrogen) atoms. The van der Waals surface area contributed by atoms with Crippen LogP contribution in [0, 0.1) is 0 Å². The van der Waals surface area contributed by atoms with Crippen LogP contribution < -0.4 is 5.73 Å². The Hall–Kier alpha value is -2.00. The van der Waals surface area contributed by atoms with Crippen molar-refractivity contribution in [3.63, 3.8) is 0 Å². The molecule has 0 fully saturated rings. The smallest absolute Gasteiger partial charge is 0.112 e. The van der Waals surface area contributed by atoms with Gasteiger partial charge >= 0.3 is 0 Å². The predicted molar refractivity (Wildman–Crippen MR) is 84.1 cm³/mol. The van der Waals surface area contributed by atoms with Crippen molar-refractivity contribution in [1.82, 2.24) is 9.55 Å². The molecule has 1 aromatic heterocycles. The average molecular weight is 286 g/mol. The van der Waals surface area contributed by atoms with Gasteiger partial charge in [-0.2, -0.15) is 0 Å². The lowest BCUT2D eigenvalue weighted by molar-refractivity contribution is 0.753. The molecule has 1 heterocycles. The fourth-order valence-corrected chi connectivity index (χ4v) is 2.69. The highest BCUT2D eigenvalue weighted by molar-refractivity contribution is 6.30. The van der Waals surface area contributed by atoms with Gasteiger partial charge in [0.25, 0.3) is 0 Å². The third-order valence-electron chi connectivity index (χ3n) is 3.44. The van der Waals surface area contributed by atoms with Gasteiger partial charge in [0.05, 0.1) is 11.2 Å². The summed E-state index contributed by atoms with van der Waals surface area (Å²) in [6.45, 7) is 2.86. The van der Waals surface area contributed by atoms with Crippen LogP contribution >= 0.6 is 11.6 Å². The summed E-state index contributed by atoms with van der Waals surface area (Å²) in [6, 6.07) is 13.8. The number of halogens is 1. The Morgan fingerprint density at radius 2 is 2.00 bits per heavy atom. The third-order valence-corrected chi connectivity index (χ3v) is 3.67. The zero-order chi connectivity index (χ0) is 14.1. The topological polar surface area (TPSA) is 43.8 Å². The fourth-order valence-electron chi connectivity index (χ4n) is 2.48. The molecule has 102 valence electrons. The molecule has 3 rings (SSSR count). The van der Waals surface area contributed by atoms with Crippen molar-refractivity contribution in [2.75, 3.05) is 5.73 Å². The van der Waals surface area contributed by atoms with E-state index in [0.717, 1.165) is 46.1 Å². The van der Waals surface area contributed by atoms with E-state index in [4.69, 9.17) is 17.3 Å². The molecule has 2 aromatic carbocycles. The van der Waals surface area contributed by atoms with Gasteiger partial charge in [-0.1, -0.05) is 36.7 Å². The summed E-state index contributed by atoms with van der Waals surface area (Å²) in [5, 5.41) is 0.754.